The molecule has 4 aromatic rings. The molecule has 0 radical (unpaired) electrons. The lowest BCUT2D eigenvalue weighted by molar-refractivity contribution is -0.128. The van der Waals surface area contributed by atoms with Gasteiger partial charge in [-0.2, -0.15) is 0 Å². The molecule has 1 heterocycles. The van der Waals surface area contributed by atoms with Crippen molar-refractivity contribution in [2.24, 2.45) is 0 Å². The van der Waals surface area contributed by atoms with Crippen molar-refractivity contribution >= 4 is 41.2 Å². The number of carbonyl (C=O) groups is 3. The number of phenolic OH excluding ortho intramolecular Hbond substituents is 1. The van der Waals surface area contributed by atoms with Crippen molar-refractivity contribution in [3.63, 3.8) is 0 Å². The molecule has 0 aromatic heterocycles. The monoisotopic (exact) mass is 535 g/mol. The lowest BCUT2D eigenvalue weighted by Crippen LogP contribution is -2.44. The second kappa shape index (κ2) is 11.3. The van der Waals surface area contributed by atoms with Crippen molar-refractivity contribution in [3.05, 3.63) is 136 Å². The number of rotatable bonds is 6. The summed E-state index contributed by atoms with van der Waals surface area (Å²) in [5, 5.41) is 13.8. The second-order valence-corrected chi connectivity index (χ2v) is 10.1. The van der Waals surface area contributed by atoms with Gasteiger partial charge in [-0.3, -0.25) is 19.8 Å². The second-order valence-electron chi connectivity index (χ2n) is 8.96. The van der Waals surface area contributed by atoms with Crippen molar-refractivity contribution in [2.75, 3.05) is 5.32 Å². The molecular weight excluding hydrogens is 510 g/mol. The first kappa shape index (κ1) is 25.8. The van der Waals surface area contributed by atoms with Crippen LogP contribution in [0.15, 0.2) is 108 Å². The number of anilines is 1. The Morgan fingerprint density at radius 3 is 2.13 bits per heavy atom. The minimum absolute atomic E-state index is 0.0618. The molecule has 1 fully saturated rings. The molecule has 3 amide bonds. The summed E-state index contributed by atoms with van der Waals surface area (Å²) in [5.41, 5.74) is 6.56. The Balaban J connectivity index is 1.33. The molecular formula is C31H25N3O4S. The summed E-state index contributed by atoms with van der Waals surface area (Å²) in [6.07, 6.45) is 1.62. The molecule has 4 aromatic carbocycles. The molecule has 1 aliphatic rings. The standard InChI is InChI=1S/C31H25N3O4S/c1-20-11-13-21(14-12-20)28(36)32-25-17-15-22(16-18-25)29(37)33-34-30(38)27(19-24-9-5-6-10-26(24)35)39-31(34)23-7-3-2-4-8-23/h2-19,31,35H,1H3,(H,32,36)(H,33,37)/b27-19-. The Labute approximate surface area is 230 Å². The topological polar surface area (TPSA) is 98.7 Å². The molecule has 39 heavy (non-hydrogen) atoms. The first-order valence-electron chi connectivity index (χ1n) is 12.2. The van der Waals surface area contributed by atoms with Gasteiger partial charge < -0.3 is 10.4 Å². The quantitative estimate of drug-likeness (QED) is 0.267. The van der Waals surface area contributed by atoms with E-state index in [-0.39, 0.29) is 17.6 Å². The molecule has 0 bridgehead atoms. The number of carbonyl (C=O) groups excluding carboxylic acids is 3. The number of amides is 3. The molecule has 1 atom stereocenters. The first-order chi connectivity index (χ1) is 18.9. The molecule has 1 aliphatic heterocycles. The van der Waals surface area contributed by atoms with Crippen LogP contribution in [0.5, 0.6) is 5.75 Å². The summed E-state index contributed by atoms with van der Waals surface area (Å²) in [6.45, 7) is 1.95. The minimum atomic E-state index is -0.493. The predicted molar refractivity (Wildman–Crippen MR) is 153 cm³/mol. The summed E-state index contributed by atoms with van der Waals surface area (Å²) < 4.78 is 0. The van der Waals surface area contributed by atoms with E-state index in [1.54, 1.807) is 66.7 Å². The molecule has 3 N–H and O–H groups in total. The van der Waals surface area contributed by atoms with Crippen molar-refractivity contribution in [2.45, 2.75) is 12.3 Å². The Bertz CT molecular complexity index is 1550. The van der Waals surface area contributed by atoms with Crippen LogP contribution >= 0.6 is 11.8 Å². The zero-order chi connectivity index (χ0) is 27.4. The van der Waals surface area contributed by atoms with Crippen LogP contribution < -0.4 is 10.7 Å². The number of hydrogen-bond donors (Lipinski definition) is 3. The Morgan fingerprint density at radius 2 is 1.44 bits per heavy atom. The number of nitrogens with zero attached hydrogens (tertiary/aromatic N) is 1. The van der Waals surface area contributed by atoms with E-state index in [1.807, 2.05) is 49.4 Å². The molecule has 5 rings (SSSR count). The maximum Gasteiger partial charge on any atom is 0.280 e. The summed E-state index contributed by atoms with van der Waals surface area (Å²) in [7, 11) is 0. The third-order valence-corrected chi connectivity index (χ3v) is 7.40. The maximum absolute atomic E-state index is 13.4. The molecule has 0 saturated carbocycles. The largest absolute Gasteiger partial charge is 0.507 e. The van der Waals surface area contributed by atoms with Crippen LogP contribution in [0.25, 0.3) is 6.08 Å². The van der Waals surface area contributed by atoms with E-state index >= 15 is 0 Å². The molecule has 0 aliphatic carbocycles. The van der Waals surface area contributed by atoms with Gasteiger partial charge >= 0.3 is 0 Å². The van der Waals surface area contributed by atoms with Crippen LogP contribution in [0.4, 0.5) is 5.69 Å². The lowest BCUT2D eigenvalue weighted by atomic mass is 10.1. The zero-order valence-electron chi connectivity index (χ0n) is 21.0. The van der Waals surface area contributed by atoms with Gasteiger partial charge in [0.15, 0.2) is 0 Å². The highest BCUT2D eigenvalue weighted by Crippen LogP contribution is 2.45. The van der Waals surface area contributed by atoms with Crippen LogP contribution in [0.2, 0.25) is 0 Å². The molecule has 0 spiro atoms. The molecule has 1 saturated heterocycles. The van der Waals surface area contributed by atoms with Crippen molar-refractivity contribution in [1.29, 1.82) is 0 Å². The van der Waals surface area contributed by atoms with Crippen molar-refractivity contribution in [1.82, 2.24) is 10.4 Å². The number of thioether (sulfide) groups is 1. The maximum atomic E-state index is 13.4. The van der Waals surface area contributed by atoms with Gasteiger partial charge in [-0.15, -0.1) is 0 Å². The van der Waals surface area contributed by atoms with E-state index in [2.05, 4.69) is 10.7 Å². The SMILES string of the molecule is Cc1ccc(C(=O)Nc2ccc(C(=O)NN3C(=O)/C(=C/c4ccccc4O)SC3c3ccccc3)cc2)cc1. The summed E-state index contributed by atoms with van der Waals surface area (Å²) >= 11 is 1.29. The third kappa shape index (κ3) is 5.86. The Hall–Kier alpha value is -4.82. The molecule has 8 heteroatoms. The number of nitrogens with one attached hydrogen (secondary N) is 2. The van der Waals surface area contributed by atoms with Crippen LogP contribution in [0, 0.1) is 6.92 Å². The number of benzene rings is 4. The van der Waals surface area contributed by atoms with Gasteiger partial charge in [-0.1, -0.05) is 78.0 Å². The molecule has 1 unspecified atom stereocenters. The van der Waals surface area contributed by atoms with Gasteiger partial charge in [0.05, 0.1) is 4.91 Å². The van der Waals surface area contributed by atoms with E-state index in [4.69, 9.17) is 0 Å². The predicted octanol–water partition coefficient (Wildman–Crippen LogP) is 5.91. The summed E-state index contributed by atoms with van der Waals surface area (Å²) in [6, 6.07) is 29.8. The van der Waals surface area contributed by atoms with Crippen LogP contribution in [0.3, 0.4) is 0 Å². The third-order valence-electron chi connectivity index (χ3n) is 6.15. The smallest absolute Gasteiger partial charge is 0.280 e. The van der Waals surface area contributed by atoms with E-state index in [0.29, 0.717) is 27.3 Å². The van der Waals surface area contributed by atoms with Crippen LogP contribution in [-0.4, -0.2) is 27.8 Å². The van der Waals surface area contributed by atoms with Gasteiger partial charge in [0.25, 0.3) is 17.7 Å². The van der Waals surface area contributed by atoms with E-state index < -0.39 is 11.3 Å². The van der Waals surface area contributed by atoms with E-state index in [1.165, 1.54) is 16.8 Å². The van der Waals surface area contributed by atoms with Gasteiger partial charge in [0.2, 0.25) is 0 Å². The number of hydrazine groups is 1. The van der Waals surface area contributed by atoms with Crippen LogP contribution in [0.1, 0.15) is 42.8 Å². The number of hydrogen-bond acceptors (Lipinski definition) is 5. The molecule has 194 valence electrons. The van der Waals surface area contributed by atoms with Gasteiger partial charge in [0, 0.05) is 22.4 Å². The fraction of sp³-hybridized carbons (Fsp3) is 0.0645. The Morgan fingerprint density at radius 1 is 0.821 bits per heavy atom. The normalized spacial score (nSPS) is 15.8. The summed E-state index contributed by atoms with van der Waals surface area (Å²) in [4.78, 5) is 39.5. The van der Waals surface area contributed by atoms with Crippen LogP contribution in [-0.2, 0) is 4.79 Å². The van der Waals surface area contributed by atoms with Gasteiger partial charge in [-0.25, -0.2) is 5.01 Å². The number of aromatic hydroxyl groups is 1. The highest BCUT2D eigenvalue weighted by atomic mass is 32.2. The first-order valence-corrected chi connectivity index (χ1v) is 13.1. The van der Waals surface area contributed by atoms with E-state index in [9.17, 15) is 19.5 Å². The number of para-hydroxylation sites is 1. The minimum Gasteiger partial charge on any atom is -0.507 e. The van der Waals surface area contributed by atoms with Crippen molar-refractivity contribution < 1.29 is 19.5 Å². The average molecular weight is 536 g/mol. The number of aryl methyl sites for hydroxylation is 1. The molecule has 7 nitrogen and oxygen atoms in total. The fourth-order valence-corrected chi connectivity index (χ4v) is 5.21. The Kier molecular flexibility index (Phi) is 7.47. The number of phenols is 1. The van der Waals surface area contributed by atoms with Gasteiger partial charge in [0.1, 0.15) is 11.1 Å². The highest BCUT2D eigenvalue weighted by Gasteiger charge is 2.38. The fourth-order valence-electron chi connectivity index (χ4n) is 4.03. The van der Waals surface area contributed by atoms with Crippen molar-refractivity contribution in [3.8, 4) is 5.75 Å². The van der Waals surface area contributed by atoms with Gasteiger partial charge in [-0.05, 0) is 61.0 Å². The zero-order valence-corrected chi connectivity index (χ0v) is 21.8. The lowest BCUT2D eigenvalue weighted by Gasteiger charge is -2.24. The average Bonchev–Trinajstić information content (AvgIpc) is 3.25. The summed E-state index contributed by atoms with van der Waals surface area (Å²) in [5.74, 6) is -1.04. The van der Waals surface area contributed by atoms with E-state index in [0.717, 1.165) is 11.1 Å². The highest BCUT2D eigenvalue weighted by molar-refractivity contribution is 8.04.